The number of likely N-dealkylation sites (tertiary alicyclic amines) is 1. The van der Waals surface area contributed by atoms with Gasteiger partial charge in [0.2, 0.25) is 5.89 Å². The maximum absolute atomic E-state index is 5.37. The minimum Gasteiger partial charge on any atom is -0.497 e. The first kappa shape index (κ1) is 13.9. The van der Waals surface area contributed by atoms with E-state index in [0.29, 0.717) is 11.8 Å². The van der Waals surface area contributed by atoms with Gasteiger partial charge in [0.05, 0.1) is 13.2 Å². The van der Waals surface area contributed by atoms with Gasteiger partial charge in [0, 0.05) is 27.2 Å². The van der Waals surface area contributed by atoms with E-state index in [-0.39, 0.29) is 6.04 Å². The van der Waals surface area contributed by atoms with Crippen molar-refractivity contribution in [2.45, 2.75) is 19.0 Å². The van der Waals surface area contributed by atoms with Crippen LogP contribution in [0.2, 0.25) is 0 Å². The highest BCUT2D eigenvalue weighted by atomic mass is 16.5. The molecule has 0 amide bonds. The molecule has 0 radical (unpaired) electrons. The van der Waals surface area contributed by atoms with Crippen LogP contribution in [-0.4, -0.2) is 42.8 Å². The molecule has 1 fully saturated rings. The number of anilines is 1. The largest absolute Gasteiger partial charge is 0.497 e. The van der Waals surface area contributed by atoms with Gasteiger partial charge in [-0.3, -0.25) is 4.90 Å². The second kappa shape index (κ2) is 5.73. The maximum Gasteiger partial charge on any atom is 0.265 e. The fourth-order valence-corrected chi connectivity index (χ4v) is 2.42. The maximum atomic E-state index is 5.37. The molecule has 2 heterocycles. The topological polar surface area (TPSA) is 54.6 Å². The van der Waals surface area contributed by atoms with Crippen LogP contribution < -0.4 is 9.64 Å². The molecule has 1 unspecified atom stereocenters. The zero-order valence-corrected chi connectivity index (χ0v) is 12.6. The fraction of sp³-hybridized carbons (Fsp3) is 0.467. The second-order valence-electron chi connectivity index (χ2n) is 5.45. The predicted octanol–water partition coefficient (Wildman–Crippen LogP) is 2.09. The molecule has 1 aliphatic rings. The van der Waals surface area contributed by atoms with Crippen LogP contribution in [0.4, 0.5) is 5.95 Å². The first-order valence-corrected chi connectivity index (χ1v) is 7.05. The Morgan fingerprint density at radius 3 is 2.62 bits per heavy atom. The summed E-state index contributed by atoms with van der Waals surface area (Å²) >= 11 is 0. The summed E-state index contributed by atoms with van der Waals surface area (Å²) in [5, 5.41) is 3.98. The van der Waals surface area contributed by atoms with Gasteiger partial charge < -0.3 is 14.2 Å². The minimum absolute atomic E-state index is 0.230. The molecule has 112 valence electrons. The monoisotopic (exact) mass is 288 g/mol. The van der Waals surface area contributed by atoms with E-state index in [0.717, 1.165) is 25.3 Å². The number of ether oxygens (including phenoxy) is 1. The van der Waals surface area contributed by atoms with Crippen molar-refractivity contribution in [1.82, 2.24) is 15.0 Å². The molecule has 1 atom stereocenters. The lowest BCUT2D eigenvalue weighted by atomic mass is 10.0. The molecule has 6 heteroatoms. The molecule has 21 heavy (non-hydrogen) atoms. The smallest absolute Gasteiger partial charge is 0.265 e. The van der Waals surface area contributed by atoms with E-state index in [2.05, 4.69) is 27.2 Å². The molecule has 0 N–H and O–H groups in total. The van der Waals surface area contributed by atoms with Crippen LogP contribution in [0.15, 0.2) is 28.8 Å². The Bertz CT molecular complexity index is 594. The number of rotatable bonds is 5. The second-order valence-corrected chi connectivity index (χ2v) is 5.45. The van der Waals surface area contributed by atoms with Gasteiger partial charge in [-0.25, -0.2) is 0 Å². The van der Waals surface area contributed by atoms with Crippen LogP contribution in [-0.2, 0) is 6.54 Å². The highest BCUT2D eigenvalue weighted by Gasteiger charge is 2.34. The van der Waals surface area contributed by atoms with Crippen molar-refractivity contribution >= 4 is 5.95 Å². The predicted molar refractivity (Wildman–Crippen MR) is 79.4 cm³/mol. The molecule has 1 aliphatic heterocycles. The van der Waals surface area contributed by atoms with Crippen LogP contribution in [0.25, 0.3) is 0 Å². The third kappa shape index (κ3) is 2.85. The summed E-state index contributed by atoms with van der Waals surface area (Å²) in [5.41, 5.74) is 1.26. The normalized spacial score (nSPS) is 18.3. The van der Waals surface area contributed by atoms with Crippen molar-refractivity contribution in [3.8, 4) is 5.75 Å². The highest BCUT2D eigenvalue weighted by molar-refractivity contribution is 5.28. The average Bonchev–Trinajstić information content (AvgIpc) is 2.93. The molecule has 6 nitrogen and oxygen atoms in total. The quantitative estimate of drug-likeness (QED) is 0.839. The van der Waals surface area contributed by atoms with Crippen molar-refractivity contribution in [2.24, 2.45) is 0 Å². The van der Waals surface area contributed by atoms with Crippen molar-refractivity contribution in [3.05, 3.63) is 35.7 Å². The van der Waals surface area contributed by atoms with Gasteiger partial charge in [-0.1, -0.05) is 12.1 Å². The van der Waals surface area contributed by atoms with Gasteiger partial charge >= 0.3 is 0 Å². The van der Waals surface area contributed by atoms with Gasteiger partial charge in [-0.15, -0.1) is 0 Å². The van der Waals surface area contributed by atoms with Crippen LogP contribution >= 0.6 is 0 Å². The zero-order chi connectivity index (χ0) is 14.8. The Hall–Kier alpha value is -2.08. The summed E-state index contributed by atoms with van der Waals surface area (Å²) in [6.07, 6.45) is 1.06. The third-order valence-electron chi connectivity index (χ3n) is 3.79. The van der Waals surface area contributed by atoms with Gasteiger partial charge in [-0.05, 0) is 29.3 Å². The van der Waals surface area contributed by atoms with Crippen molar-refractivity contribution in [3.63, 3.8) is 0 Å². The van der Waals surface area contributed by atoms with Crippen LogP contribution in [0.3, 0.4) is 0 Å². The molecule has 2 aromatic rings. The zero-order valence-electron chi connectivity index (χ0n) is 12.6. The summed E-state index contributed by atoms with van der Waals surface area (Å²) < 4.78 is 10.5. The van der Waals surface area contributed by atoms with Crippen molar-refractivity contribution in [2.75, 3.05) is 32.6 Å². The molecule has 1 aromatic carbocycles. The fourth-order valence-electron chi connectivity index (χ4n) is 2.42. The third-order valence-corrected chi connectivity index (χ3v) is 3.79. The summed E-state index contributed by atoms with van der Waals surface area (Å²) in [4.78, 5) is 8.63. The lowest BCUT2D eigenvalue weighted by Crippen LogP contribution is -2.40. The van der Waals surface area contributed by atoms with Crippen LogP contribution in [0.1, 0.15) is 23.9 Å². The first-order valence-electron chi connectivity index (χ1n) is 7.05. The van der Waals surface area contributed by atoms with E-state index >= 15 is 0 Å². The Kier molecular flexibility index (Phi) is 3.79. The molecule has 3 rings (SSSR count). The number of hydrogen-bond donors (Lipinski definition) is 0. The van der Waals surface area contributed by atoms with Crippen molar-refractivity contribution in [1.29, 1.82) is 0 Å². The summed E-state index contributed by atoms with van der Waals surface area (Å²) in [7, 11) is 5.49. The van der Waals surface area contributed by atoms with E-state index < -0.39 is 0 Å². The summed E-state index contributed by atoms with van der Waals surface area (Å²) in [6.45, 7) is 1.94. The van der Waals surface area contributed by atoms with Crippen molar-refractivity contribution < 1.29 is 9.26 Å². The minimum atomic E-state index is 0.230. The number of aromatic nitrogens is 2. The highest BCUT2D eigenvalue weighted by Crippen LogP contribution is 2.34. The van der Waals surface area contributed by atoms with E-state index in [4.69, 9.17) is 9.26 Å². The van der Waals surface area contributed by atoms with Gasteiger partial charge in [-0.2, -0.15) is 4.98 Å². The molecular weight excluding hydrogens is 268 g/mol. The summed E-state index contributed by atoms with van der Waals surface area (Å²) in [6, 6.07) is 8.39. The van der Waals surface area contributed by atoms with Gasteiger partial charge in [0.1, 0.15) is 5.75 Å². The summed E-state index contributed by atoms with van der Waals surface area (Å²) in [5.74, 6) is 2.21. The molecule has 0 aliphatic carbocycles. The molecule has 0 spiro atoms. The molecule has 0 saturated carbocycles. The Labute approximate surface area is 124 Å². The Morgan fingerprint density at radius 1 is 1.33 bits per heavy atom. The standard InChI is InChI=1S/C15H20N4O2/c1-18(2)15-16-14(21-17-15)13-8-9-19(13)10-11-4-6-12(20-3)7-5-11/h4-7,13H,8-10H2,1-3H3. The lowest BCUT2D eigenvalue weighted by Gasteiger charge is -2.38. The van der Waals surface area contributed by atoms with E-state index in [1.165, 1.54) is 5.56 Å². The number of methoxy groups -OCH3 is 1. The van der Waals surface area contributed by atoms with Crippen LogP contribution in [0, 0.1) is 0 Å². The number of nitrogens with zero attached hydrogens (tertiary/aromatic N) is 4. The average molecular weight is 288 g/mol. The van der Waals surface area contributed by atoms with Gasteiger partial charge in [0.15, 0.2) is 0 Å². The number of benzene rings is 1. The molecular formula is C15H20N4O2. The van der Waals surface area contributed by atoms with E-state index in [9.17, 15) is 0 Å². The van der Waals surface area contributed by atoms with E-state index in [1.807, 2.05) is 31.1 Å². The Morgan fingerprint density at radius 2 is 2.10 bits per heavy atom. The molecule has 0 bridgehead atoms. The molecule has 1 aromatic heterocycles. The van der Waals surface area contributed by atoms with E-state index in [1.54, 1.807) is 7.11 Å². The SMILES string of the molecule is COc1ccc(CN2CCC2c2nc(N(C)C)no2)cc1. The first-order chi connectivity index (χ1) is 10.2. The molecule has 1 saturated heterocycles. The number of hydrogen-bond acceptors (Lipinski definition) is 6. The van der Waals surface area contributed by atoms with Crippen LogP contribution in [0.5, 0.6) is 5.75 Å². The Balaban J connectivity index is 1.65. The van der Waals surface area contributed by atoms with Gasteiger partial charge in [0.25, 0.3) is 5.95 Å². The lowest BCUT2D eigenvalue weighted by molar-refractivity contribution is 0.0561.